The third-order valence-corrected chi connectivity index (χ3v) is 4.89. The van der Waals surface area contributed by atoms with Crippen LogP contribution >= 0.6 is 23.4 Å². The number of carbonyl (C=O) groups excluding carboxylic acids is 1. The standard InChI is InChI=1S/C17H25ClO2S/c1-2-3-4-5-6-11-21-13-16(17(20)12-19)14-7-9-15(18)10-8-14/h7-10,16,19H,2-6,11-13H2,1H3. The zero-order chi connectivity index (χ0) is 15.5. The third kappa shape index (κ3) is 7.35. The summed E-state index contributed by atoms with van der Waals surface area (Å²) >= 11 is 7.67. The van der Waals surface area contributed by atoms with E-state index in [1.807, 2.05) is 12.1 Å². The Balaban J connectivity index is 2.41. The number of ketones is 1. The van der Waals surface area contributed by atoms with E-state index in [0.717, 1.165) is 17.1 Å². The highest BCUT2D eigenvalue weighted by atomic mass is 35.5. The molecule has 1 aromatic rings. The SMILES string of the molecule is CCCCCCCSCC(C(=O)CO)c1ccc(Cl)cc1. The number of aliphatic hydroxyl groups excluding tert-OH is 1. The molecular weight excluding hydrogens is 304 g/mol. The van der Waals surface area contributed by atoms with Crippen molar-refractivity contribution in [3.63, 3.8) is 0 Å². The zero-order valence-electron chi connectivity index (χ0n) is 12.7. The van der Waals surface area contributed by atoms with Gasteiger partial charge in [0.25, 0.3) is 0 Å². The number of hydrogen-bond donors (Lipinski definition) is 1. The van der Waals surface area contributed by atoms with E-state index in [0.29, 0.717) is 5.02 Å². The summed E-state index contributed by atoms with van der Waals surface area (Å²) in [5.41, 5.74) is 0.942. The summed E-state index contributed by atoms with van der Waals surface area (Å²) in [5, 5.41) is 9.80. The van der Waals surface area contributed by atoms with Gasteiger partial charge in [-0.2, -0.15) is 11.8 Å². The van der Waals surface area contributed by atoms with Crippen LogP contribution in [0.2, 0.25) is 5.02 Å². The lowest BCUT2D eigenvalue weighted by Crippen LogP contribution is -2.18. The van der Waals surface area contributed by atoms with Gasteiger partial charge in [0.2, 0.25) is 0 Å². The lowest BCUT2D eigenvalue weighted by molar-refractivity contribution is -0.122. The van der Waals surface area contributed by atoms with Crippen LogP contribution in [0.1, 0.15) is 50.5 Å². The van der Waals surface area contributed by atoms with Crippen molar-refractivity contribution >= 4 is 29.1 Å². The number of Topliss-reactive ketones (excluding diaryl/α,β-unsaturated/α-hetero) is 1. The van der Waals surface area contributed by atoms with Crippen molar-refractivity contribution in [2.45, 2.75) is 44.9 Å². The Morgan fingerprint density at radius 2 is 1.86 bits per heavy atom. The summed E-state index contributed by atoms with van der Waals surface area (Å²) in [6.45, 7) is 1.82. The second kappa shape index (κ2) is 11.1. The Kier molecular flexibility index (Phi) is 9.81. The Morgan fingerprint density at radius 1 is 1.19 bits per heavy atom. The van der Waals surface area contributed by atoms with E-state index in [9.17, 15) is 4.79 Å². The first-order valence-corrected chi connectivity index (χ1v) is 9.19. The highest BCUT2D eigenvalue weighted by molar-refractivity contribution is 7.99. The molecule has 2 nitrogen and oxygen atoms in total. The molecule has 21 heavy (non-hydrogen) atoms. The first kappa shape index (κ1) is 18.5. The molecule has 4 heteroatoms. The fourth-order valence-corrected chi connectivity index (χ4v) is 3.50. The zero-order valence-corrected chi connectivity index (χ0v) is 14.3. The minimum Gasteiger partial charge on any atom is -0.389 e. The second-order valence-corrected chi connectivity index (χ2v) is 6.80. The van der Waals surface area contributed by atoms with Gasteiger partial charge in [0.1, 0.15) is 6.61 Å². The van der Waals surface area contributed by atoms with Crippen molar-refractivity contribution in [3.8, 4) is 0 Å². The molecule has 0 aliphatic rings. The quantitative estimate of drug-likeness (QED) is 0.599. The van der Waals surface area contributed by atoms with Gasteiger partial charge in [0, 0.05) is 10.8 Å². The summed E-state index contributed by atoms with van der Waals surface area (Å²) in [7, 11) is 0. The van der Waals surface area contributed by atoms with Crippen LogP contribution in [-0.4, -0.2) is 29.0 Å². The Morgan fingerprint density at radius 3 is 2.48 bits per heavy atom. The molecule has 1 N–H and O–H groups in total. The first-order chi connectivity index (χ1) is 10.2. The maximum absolute atomic E-state index is 11.9. The van der Waals surface area contributed by atoms with E-state index < -0.39 is 6.61 Å². The third-order valence-electron chi connectivity index (χ3n) is 3.49. The lowest BCUT2D eigenvalue weighted by Gasteiger charge is -2.15. The molecule has 0 heterocycles. The monoisotopic (exact) mass is 328 g/mol. The summed E-state index contributed by atoms with van der Waals surface area (Å²) in [4.78, 5) is 11.9. The topological polar surface area (TPSA) is 37.3 Å². The van der Waals surface area contributed by atoms with E-state index in [-0.39, 0.29) is 11.7 Å². The predicted molar refractivity (Wildman–Crippen MR) is 92.4 cm³/mol. The summed E-state index contributed by atoms with van der Waals surface area (Å²) in [6, 6.07) is 7.35. The van der Waals surface area contributed by atoms with Crippen LogP contribution < -0.4 is 0 Å². The van der Waals surface area contributed by atoms with Crippen molar-refractivity contribution in [2.75, 3.05) is 18.1 Å². The Hall–Kier alpha value is -0.510. The molecule has 1 unspecified atom stereocenters. The Bertz CT molecular complexity index is 406. The first-order valence-electron chi connectivity index (χ1n) is 7.65. The number of hydrogen-bond acceptors (Lipinski definition) is 3. The minimum absolute atomic E-state index is 0.115. The van der Waals surface area contributed by atoms with Crippen LogP contribution in [0.25, 0.3) is 0 Å². The highest BCUT2D eigenvalue weighted by Gasteiger charge is 2.19. The number of aliphatic hydroxyl groups is 1. The molecule has 0 spiro atoms. The maximum Gasteiger partial charge on any atom is 0.166 e. The molecule has 0 aromatic heterocycles. The number of halogens is 1. The van der Waals surface area contributed by atoms with Crippen LogP contribution in [-0.2, 0) is 4.79 Å². The average Bonchev–Trinajstić information content (AvgIpc) is 2.50. The molecule has 0 fully saturated rings. The maximum atomic E-state index is 11.9. The van der Waals surface area contributed by atoms with Gasteiger partial charge in [-0.15, -0.1) is 0 Å². The van der Waals surface area contributed by atoms with Gasteiger partial charge in [-0.1, -0.05) is 56.3 Å². The molecule has 0 bridgehead atoms. The average molecular weight is 329 g/mol. The molecule has 1 rings (SSSR count). The van der Waals surface area contributed by atoms with Gasteiger partial charge in [-0.3, -0.25) is 4.79 Å². The van der Waals surface area contributed by atoms with Crippen LogP contribution in [0.5, 0.6) is 0 Å². The van der Waals surface area contributed by atoms with E-state index in [1.54, 1.807) is 23.9 Å². The molecule has 118 valence electrons. The van der Waals surface area contributed by atoms with Crippen molar-refractivity contribution in [3.05, 3.63) is 34.9 Å². The lowest BCUT2D eigenvalue weighted by atomic mass is 9.97. The van der Waals surface area contributed by atoms with E-state index in [4.69, 9.17) is 16.7 Å². The van der Waals surface area contributed by atoms with E-state index in [1.165, 1.54) is 32.1 Å². The normalized spacial score (nSPS) is 12.3. The molecule has 0 amide bonds. The smallest absolute Gasteiger partial charge is 0.166 e. The van der Waals surface area contributed by atoms with Crippen LogP contribution in [0.3, 0.4) is 0 Å². The second-order valence-electron chi connectivity index (χ2n) is 5.22. The number of rotatable bonds is 11. The molecule has 1 aromatic carbocycles. The van der Waals surface area contributed by atoms with E-state index >= 15 is 0 Å². The molecule has 1 atom stereocenters. The van der Waals surface area contributed by atoms with Crippen molar-refractivity contribution in [1.82, 2.24) is 0 Å². The van der Waals surface area contributed by atoms with Gasteiger partial charge in [-0.25, -0.2) is 0 Å². The number of carbonyl (C=O) groups is 1. The number of thioether (sulfide) groups is 1. The van der Waals surface area contributed by atoms with Crippen molar-refractivity contribution in [2.24, 2.45) is 0 Å². The van der Waals surface area contributed by atoms with Crippen molar-refractivity contribution in [1.29, 1.82) is 0 Å². The molecule has 0 saturated heterocycles. The van der Waals surface area contributed by atoms with Gasteiger partial charge < -0.3 is 5.11 Å². The summed E-state index contributed by atoms with van der Waals surface area (Å²) in [6.07, 6.45) is 6.33. The van der Waals surface area contributed by atoms with Gasteiger partial charge in [0.15, 0.2) is 5.78 Å². The fraction of sp³-hybridized carbons (Fsp3) is 0.588. The summed E-state index contributed by atoms with van der Waals surface area (Å²) in [5.74, 6) is 1.46. The predicted octanol–water partition coefficient (Wildman–Crippen LogP) is 4.69. The summed E-state index contributed by atoms with van der Waals surface area (Å²) < 4.78 is 0. The number of benzene rings is 1. The fourth-order valence-electron chi connectivity index (χ4n) is 2.19. The molecule has 0 aliphatic carbocycles. The molecule has 0 saturated carbocycles. The van der Waals surface area contributed by atoms with E-state index in [2.05, 4.69) is 6.92 Å². The molecule has 0 radical (unpaired) electrons. The van der Waals surface area contributed by atoms with Crippen molar-refractivity contribution < 1.29 is 9.90 Å². The van der Waals surface area contributed by atoms with Gasteiger partial charge >= 0.3 is 0 Å². The molecular formula is C17H25ClO2S. The minimum atomic E-state index is -0.398. The largest absolute Gasteiger partial charge is 0.389 e. The van der Waals surface area contributed by atoms with Gasteiger partial charge in [0.05, 0.1) is 5.92 Å². The number of unbranched alkanes of at least 4 members (excludes halogenated alkanes) is 4. The van der Waals surface area contributed by atoms with Crippen LogP contribution in [0.15, 0.2) is 24.3 Å². The van der Waals surface area contributed by atoms with Crippen LogP contribution in [0, 0.1) is 0 Å². The van der Waals surface area contributed by atoms with Crippen LogP contribution in [0.4, 0.5) is 0 Å². The highest BCUT2D eigenvalue weighted by Crippen LogP contribution is 2.24. The Labute approximate surface area is 137 Å². The van der Waals surface area contributed by atoms with Gasteiger partial charge in [-0.05, 0) is 29.9 Å². The molecule has 0 aliphatic heterocycles.